The lowest BCUT2D eigenvalue weighted by molar-refractivity contribution is -0.155. The lowest BCUT2D eigenvalue weighted by Crippen LogP contribution is -2.41. The van der Waals surface area contributed by atoms with Crippen LogP contribution in [0.4, 0.5) is 0 Å². The predicted molar refractivity (Wildman–Crippen MR) is 81.7 cm³/mol. The SMILES string of the molecule is CCOC(=O)C(CC)(CN)Cc1ccc(OC)c(OC)c1. The fraction of sp³-hybridized carbons (Fsp3) is 0.562. The first-order valence-electron chi connectivity index (χ1n) is 7.15. The molecule has 0 aromatic heterocycles. The average Bonchev–Trinajstić information content (AvgIpc) is 2.52. The van der Waals surface area contributed by atoms with E-state index in [1.165, 1.54) is 0 Å². The van der Waals surface area contributed by atoms with Crippen molar-refractivity contribution < 1.29 is 19.0 Å². The van der Waals surface area contributed by atoms with Gasteiger partial charge in [-0.15, -0.1) is 0 Å². The van der Waals surface area contributed by atoms with Gasteiger partial charge in [0.15, 0.2) is 11.5 Å². The number of hydrogen-bond acceptors (Lipinski definition) is 5. The van der Waals surface area contributed by atoms with Gasteiger partial charge < -0.3 is 19.9 Å². The van der Waals surface area contributed by atoms with Gasteiger partial charge in [0.25, 0.3) is 0 Å². The molecule has 0 saturated heterocycles. The van der Waals surface area contributed by atoms with Crippen molar-refractivity contribution in [2.75, 3.05) is 27.4 Å². The normalized spacial score (nSPS) is 13.4. The number of methoxy groups -OCH3 is 2. The zero-order valence-corrected chi connectivity index (χ0v) is 13.3. The Morgan fingerprint density at radius 3 is 2.33 bits per heavy atom. The molecular weight excluding hydrogens is 270 g/mol. The van der Waals surface area contributed by atoms with Crippen LogP contribution in [0, 0.1) is 5.41 Å². The van der Waals surface area contributed by atoms with Gasteiger partial charge in [0.1, 0.15) is 0 Å². The molecule has 0 amide bonds. The minimum absolute atomic E-state index is 0.246. The standard InChI is InChI=1S/C16H25NO4/c1-5-16(11-17,15(18)21-6-2)10-12-7-8-13(19-3)14(9-12)20-4/h7-9H,5-6,10-11,17H2,1-4H3. The number of ether oxygens (including phenoxy) is 3. The van der Waals surface area contributed by atoms with E-state index in [1.807, 2.05) is 25.1 Å². The first-order valence-corrected chi connectivity index (χ1v) is 7.15. The highest BCUT2D eigenvalue weighted by molar-refractivity contribution is 5.77. The highest BCUT2D eigenvalue weighted by atomic mass is 16.5. The van der Waals surface area contributed by atoms with Crippen molar-refractivity contribution in [2.45, 2.75) is 26.7 Å². The van der Waals surface area contributed by atoms with Crippen molar-refractivity contribution in [3.63, 3.8) is 0 Å². The zero-order valence-electron chi connectivity index (χ0n) is 13.3. The molecule has 1 atom stereocenters. The third-order valence-electron chi connectivity index (χ3n) is 3.77. The maximum Gasteiger partial charge on any atom is 0.313 e. The Morgan fingerprint density at radius 1 is 1.19 bits per heavy atom. The highest BCUT2D eigenvalue weighted by Crippen LogP contribution is 2.33. The molecule has 0 heterocycles. The molecule has 118 valence electrons. The molecule has 0 spiro atoms. The molecule has 0 bridgehead atoms. The van der Waals surface area contributed by atoms with Gasteiger partial charge in [0.2, 0.25) is 0 Å². The Bertz CT molecular complexity index is 469. The second kappa shape index (κ2) is 7.88. The van der Waals surface area contributed by atoms with Crippen LogP contribution in [0.15, 0.2) is 18.2 Å². The summed E-state index contributed by atoms with van der Waals surface area (Å²) < 4.78 is 15.7. The zero-order chi connectivity index (χ0) is 15.9. The van der Waals surface area contributed by atoms with E-state index in [0.29, 0.717) is 30.9 Å². The first kappa shape index (κ1) is 17.3. The van der Waals surface area contributed by atoms with E-state index in [1.54, 1.807) is 21.1 Å². The quantitative estimate of drug-likeness (QED) is 0.744. The van der Waals surface area contributed by atoms with Crippen molar-refractivity contribution in [3.05, 3.63) is 23.8 Å². The second-order valence-electron chi connectivity index (χ2n) is 4.92. The van der Waals surface area contributed by atoms with E-state index in [0.717, 1.165) is 5.56 Å². The van der Waals surface area contributed by atoms with Gasteiger partial charge in [-0.1, -0.05) is 13.0 Å². The van der Waals surface area contributed by atoms with Crippen LogP contribution in [-0.4, -0.2) is 33.3 Å². The van der Waals surface area contributed by atoms with Gasteiger partial charge in [0.05, 0.1) is 26.2 Å². The van der Waals surface area contributed by atoms with Crippen LogP contribution in [0.2, 0.25) is 0 Å². The molecule has 5 nitrogen and oxygen atoms in total. The summed E-state index contributed by atoms with van der Waals surface area (Å²) in [5.41, 5.74) is 6.13. The molecule has 0 radical (unpaired) electrons. The van der Waals surface area contributed by atoms with Gasteiger partial charge in [0, 0.05) is 6.54 Å². The third kappa shape index (κ3) is 3.88. The fourth-order valence-corrected chi connectivity index (χ4v) is 2.31. The van der Waals surface area contributed by atoms with Crippen LogP contribution < -0.4 is 15.2 Å². The van der Waals surface area contributed by atoms with E-state index in [2.05, 4.69) is 0 Å². The van der Waals surface area contributed by atoms with Crippen LogP contribution in [0.25, 0.3) is 0 Å². The maximum atomic E-state index is 12.3. The Balaban J connectivity index is 3.06. The number of esters is 1. The van der Waals surface area contributed by atoms with E-state index >= 15 is 0 Å². The van der Waals surface area contributed by atoms with Gasteiger partial charge >= 0.3 is 5.97 Å². The molecule has 0 fully saturated rings. The first-order chi connectivity index (χ1) is 10.1. The van der Waals surface area contributed by atoms with E-state index < -0.39 is 5.41 Å². The summed E-state index contributed by atoms with van der Waals surface area (Å²) in [6, 6.07) is 5.62. The Hall–Kier alpha value is -1.75. The molecule has 1 aromatic carbocycles. The molecule has 0 aliphatic carbocycles. The highest BCUT2D eigenvalue weighted by Gasteiger charge is 2.37. The summed E-state index contributed by atoms with van der Waals surface area (Å²) in [6.45, 7) is 4.35. The summed E-state index contributed by atoms with van der Waals surface area (Å²) in [7, 11) is 3.18. The molecule has 0 aliphatic rings. The molecule has 2 N–H and O–H groups in total. The largest absolute Gasteiger partial charge is 0.493 e. The molecule has 21 heavy (non-hydrogen) atoms. The minimum atomic E-state index is -0.699. The minimum Gasteiger partial charge on any atom is -0.493 e. The molecule has 0 saturated carbocycles. The Labute approximate surface area is 126 Å². The summed E-state index contributed by atoms with van der Waals surface area (Å²) >= 11 is 0. The Morgan fingerprint density at radius 2 is 1.86 bits per heavy atom. The number of carbonyl (C=O) groups is 1. The van der Waals surface area contributed by atoms with Gasteiger partial charge in [-0.25, -0.2) is 0 Å². The van der Waals surface area contributed by atoms with E-state index in [9.17, 15) is 4.79 Å². The summed E-state index contributed by atoms with van der Waals surface area (Å²) in [6.07, 6.45) is 1.13. The second-order valence-corrected chi connectivity index (χ2v) is 4.92. The topological polar surface area (TPSA) is 70.8 Å². The van der Waals surface area contributed by atoms with Gasteiger partial charge in [-0.3, -0.25) is 4.79 Å². The molecular formula is C16H25NO4. The van der Waals surface area contributed by atoms with Crippen LogP contribution in [0.5, 0.6) is 11.5 Å². The van der Waals surface area contributed by atoms with Crippen LogP contribution in [-0.2, 0) is 16.0 Å². The van der Waals surface area contributed by atoms with Crippen LogP contribution >= 0.6 is 0 Å². The predicted octanol–water partition coefficient (Wildman–Crippen LogP) is 2.16. The molecule has 5 heteroatoms. The van der Waals surface area contributed by atoms with E-state index in [-0.39, 0.29) is 12.5 Å². The number of rotatable bonds is 8. The number of nitrogens with two attached hydrogens (primary N) is 1. The van der Waals surface area contributed by atoms with Gasteiger partial charge in [-0.05, 0) is 37.5 Å². The lowest BCUT2D eigenvalue weighted by atomic mass is 9.79. The number of hydrogen-bond donors (Lipinski definition) is 1. The summed E-state index contributed by atoms with van der Waals surface area (Å²) in [4.78, 5) is 12.3. The van der Waals surface area contributed by atoms with Crippen LogP contribution in [0.3, 0.4) is 0 Å². The Kier molecular flexibility index (Phi) is 6.49. The van der Waals surface area contributed by atoms with E-state index in [4.69, 9.17) is 19.9 Å². The van der Waals surface area contributed by atoms with Crippen LogP contribution in [0.1, 0.15) is 25.8 Å². The average molecular weight is 295 g/mol. The fourth-order valence-electron chi connectivity index (χ4n) is 2.31. The summed E-state index contributed by atoms with van der Waals surface area (Å²) in [5, 5.41) is 0. The smallest absolute Gasteiger partial charge is 0.313 e. The van der Waals surface area contributed by atoms with Crippen molar-refractivity contribution in [1.82, 2.24) is 0 Å². The monoisotopic (exact) mass is 295 g/mol. The number of benzene rings is 1. The molecule has 1 unspecified atom stereocenters. The van der Waals surface area contributed by atoms with Crippen molar-refractivity contribution in [2.24, 2.45) is 11.1 Å². The van der Waals surface area contributed by atoms with Crippen molar-refractivity contribution >= 4 is 5.97 Å². The van der Waals surface area contributed by atoms with Gasteiger partial charge in [-0.2, -0.15) is 0 Å². The maximum absolute atomic E-state index is 12.3. The molecule has 1 aromatic rings. The lowest BCUT2D eigenvalue weighted by Gasteiger charge is -2.29. The molecule has 0 aliphatic heterocycles. The van der Waals surface area contributed by atoms with Crippen molar-refractivity contribution in [1.29, 1.82) is 0 Å². The molecule has 1 rings (SSSR count). The summed E-state index contributed by atoms with van der Waals surface area (Å²) in [5.74, 6) is 1.05. The third-order valence-corrected chi connectivity index (χ3v) is 3.77. The van der Waals surface area contributed by atoms with Crippen molar-refractivity contribution in [3.8, 4) is 11.5 Å². The number of carbonyl (C=O) groups excluding carboxylic acids is 1.